The summed E-state index contributed by atoms with van der Waals surface area (Å²) in [6.45, 7) is 7.90. The first-order valence-electron chi connectivity index (χ1n) is 8.60. The SMILES string of the molecule is CCOC(Cn1cc(C(=O)NC[C@H](C)c2ccccc2)nn1)OCC. The maximum atomic E-state index is 12.2. The summed E-state index contributed by atoms with van der Waals surface area (Å²) in [4.78, 5) is 12.2. The normalized spacial score (nSPS) is 12.3. The Balaban J connectivity index is 1.87. The fraction of sp³-hybridized carbons (Fsp3) is 0.500. The molecule has 0 fully saturated rings. The molecule has 0 radical (unpaired) electrons. The quantitative estimate of drug-likeness (QED) is 0.667. The summed E-state index contributed by atoms with van der Waals surface area (Å²) in [6, 6.07) is 10.1. The second kappa shape index (κ2) is 9.90. The molecule has 1 aromatic carbocycles. The Bertz CT molecular complexity index is 639. The van der Waals surface area contributed by atoms with Crippen LogP contribution in [0.15, 0.2) is 36.5 Å². The third-order valence-corrected chi connectivity index (χ3v) is 3.75. The first-order valence-corrected chi connectivity index (χ1v) is 8.60. The maximum Gasteiger partial charge on any atom is 0.273 e. The van der Waals surface area contributed by atoms with E-state index in [1.807, 2.05) is 32.0 Å². The lowest BCUT2D eigenvalue weighted by Crippen LogP contribution is -2.28. The Morgan fingerprint density at radius 1 is 1.20 bits per heavy atom. The monoisotopic (exact) mass is 346 g/mol. The highest BCUT2D eigenvalue weighted by Gasteiger charge is 2.15. The molecular formula is C18H26N4O3. The van der Waals surface area contributed by atoms with E-state index in [4.69, 9.17) is 9.47 Å². The van der Waals surface area contributed by atoms with Crippen molar-refractivity contribution in [3.63, 3.8) is 0 Å². The Morgan fingerprint density at radius 2 is 1.88 bits per heavy atom. The van der Waals surface area contributed by atoms with Gasteiger partial charge in [0.05, 0.1) is 12.7 Å². The van der Waals surface area contributed by atoms with E-state index < -0.39 is 6.29 Å². The number of carbonyl (C=O) groups is 1. The maximum absolute atomic E-state index is 12.2. The Kier molecular flexibility index (Phi) is 7.56. The van der Waals surface area contributed by atoms with Crippen molar-refractivity contribution in [3.05, 3.63) is 47.8 Å². The molecule has 0 bridgehead atoms. The molecule has 7 heteroatoms. The summed E-state index contributed by atoms with van der Waals surface area (Å²) in [5.74, 6) is -0.0149. The molecule has 0 saturated heterocycles. The molecule has 0 spiro atoms. The lowest BCUT2D eigenvalue weighted by Gasteiger charge is -2.16. The van der Waals surface area contributed by atoms with Crippen molar-refractivity contribution >= 4 is 5.91 Å². The van der Waals surface area contributed by atoms with Gasteiger partial charge in [-0.05, 0) is 25.3 Å². The van der Waals surface area contributed by atoms with E-state index in [0.29, 0.717) is 26.3 Å². The molecule has 0 saturated carbocycles. The van der Waals surface area contributed by atoms with Crippen LogP contribution in [0.4, 0.5) is 0 Å². The van der Waals surface area contributed by atoms with Crippen molar-refractivity contribution in [2.45, 2.75) is 39.5 Å². The molecular weight excluding hydrogens is 320 g/mol. The van der Waals surface area contributed by atoms with E-state index in [2.05, 4.69) is 34.7 Å². The van der Waals surface area contributed by atoms with Gasteiger partial charge in [0.2, 0.25) is 0 Å². The molecule has 1 atom stereocenters. The molecule has 0 aliphatic rings. The molecule has 1 heterocycles. The van der Waals surface area contributed by atoms with E-state index in [1.165, 1.54) is 5.56 Å². The number of amides is 1. The molecule has 0 unspecified atom stereocenters. The van der Waals surface area contributed by atoms with E-state index in [1.54, 1.807) is 10.9 Å². The fourth-order valence-electron chi connectivity index (χ4n) is 2.41. The van der Waals surface area contributed by atoms with E-state index >= 15 is 0 Å². The van der Waals surface area contributed by atoms with Crippen LogP contribution in [0.25, 0.3) is 0 Å². The standard InChI is InChI=1S/C18H26N4O3/c1-4-24-17(25-5-2)13-22-12-16(20-21-22)18(23)19-11-14(3)15-9-7-6-8-10-15/h6-10,12,14,17H,4-5,11,13H2,1-3H3,(H,19,23)/t14-/m0/s1. The minimum atomic E-state index is -0.397. The number of ether oxygens (including phenoxy) is 2. The lowest BCUT2D eigenvalue weighted by molar-refractivity contribution is -0.145. The molecule has 0 aliphatic heterocycles. The average molecular weight is 346 g/mol. The summed E-state index contributed by atoms with van der Waals surface area (Å²) in [7, 11) is 0. The number of nitrogens with zero attached hydrogens (tertiary/aromatic N) is 3. The van der Waals surface area contributed by atoms with Gasteiger partial charge in [0.1, 0.15) is 0 Å². The predicted octanol–water partition coefficient (Wildman–Crippen LogP) is 2.21. The highest BCUT2D eigenvalue weighted by molar-refractivity contribution is 5.91. The summed E-state index contributed by atoms with van der Waals surface area (Å²) in [5.41, 5.74) is 1.47. The molecule has 0 aliphatic carbocycles. The highest BCUT2D eigenvalue weighted by Crippen LogP contribution is 2.13. The molecule has 2 rings (SSSR count). The zero-order valence-corrected chi connectivity index (χ0v) is 15.0. The Morgan fingerprint density at radius 3 is 2.52 bits per heavy atom. The second-order valence-electron chi connectivity index (χ2n) is 5.69. The van der Waals surface area contributed by atoms with E-state index in [9.17, 15) is 4.79 Å². The number of nitrogens with one attached hydrogen (secondary N) is 1. The van der Waals surface area contributed by atoms with E-state index in [0.717, 1.165) is 0 Å². The van der Waals surface area contributed by atoms with Gasteiger partial charge >= 0.3 is 0 Å². The Labute approximate surface area is 148 Å². The van der Waals surface area contributed by atoms with Crippen molar-refractivity contribution in [3.8, 4) is 0 Å². The van der Waals surface area contributed by atoms with Gasteiger partial charge in [-0.1, -0.05) is 42.5 Å². The summed E-state index contributed by atoms with van der Waals surface area (Å²) >= 11 is 0. The smallest absolute Gasteiger partial charge is 0.273 e. The summed E-state index contributed by atoms with van der Waals surface area (Å²) in [5, 5.41) is 10.8. The van der Waals surface area contributed by atoms with Crippen molar-refractivity contribution in [1.82, 2.24) is 20.3 Å². The van der Waals surface area contributed by atoms with Crippen molar-refractivity contribution < 1.29 is 14.3 Å². The van der Waals surface area contributed by atoms with Gasteiger partial charge in [0, 0.05) is 19.8 Å². The van der Waals surface area contributed by atoms with Crippen LogP contribution in [0.3, 0.4) is 0 Å². The van der Waals surface area contributed by atoms with Crippen LogP contribution < -0.4 is 5.32 Å². The molecule has 136 valence electrons. The number of carbonyl (C=O) groups excluding carboxylic acids is 1. The van der Waals surface area contributed by atoms with Crippen LogP contribution >= 0.6 is 0 Å². The molecule has 1 amide bonds. The zero-order chi connectivity index (χ0) is 18.1. The molecule has 2 aromatic rings. The molecule has 1 N–H and O–H groups in total. The van der Waals surface area contributed by atoms with Crippen molar-refractivity contribution in [2.24, 2.45) is 0 Å². The summed E-state index contributed by atoms with van der Waals surface area (Å²) < 4.78 is 12.5. The minimum Gasteiger partial charge on any atom is -0.351 e. The topological polar surface area (TPSA) is 78.3 Å². The van der Waals surface area contributed by atoms with Gasteiger partial charge in [0.25, 0.3) is 5.91 Å². The number of hydrogen-bond donors (Lipinski definition) is 1. The lowest BCUT2D eigenvalue weighted by atomic mass is 10.0. The van der Waals surface area contributed by atoms with Crippen LogP contribution in [-0.2, 0) is 16.0 Å². The molecule has 25 heavy (non-hydrogen) atoms. The Hall–Kier alpha value is -2.25. The van der Waals surface area contributed by atoms with Gasteiger partial charge in [-0.25, -0.2) is 4.68 Å². The van der Waals surface area contributed by atoms with Gasteiger partial charge in [-0.3, -0.25) is 4.79 Å². The second-order valence-corrected chi connectivity index (χ2v) is 5.69. The van der Waals surface area contributed by atoms with Crippen molar-refractivity contribution in [2.75, 3.05) is 19.8 Å². The van der Waals surface area contributed by atoms with Crippen LogP contribution in [0.2, 0.25) is 0 Å². The first kappa shape index (κ1) is 19.1. The number of hydrogen-bond acceptors (Lipinski definition) is 5. The zero-order valence-electron chi connectivity index (χ0n) is 15.0. The fourth-order valence-corrected chi connectivity index (χ4v) is 2.41. The average Bonchev–Trinajstić information content (AvgIpc) is 3.09. The van der Waals surface area contributed by atoms with Gasteiger partial charge in [-0.15, -0.1) is 5.10 Å². The number of aromatic nitrogens is 3. The third-order valence-electron chi connectivity index (χ3n) is 3.75. The van der Waals surface area contributed by atoms with Crippen molar-refractivity contribution in [1.29, 1.82) is 0 Å². The van der Waals surface area contributed by atoms with Gasteiger partial charge in [-0.2, -0.15) is 0 Å². The predicted molar refractivity (Wildman–Crippen MR) is 94.3 cm³/mol. The van der Waals surface area contributed by atoms with Crippen LogP contribution in [0, 0.1) is 0 Å². The first-order chi connectivity index (χ1) is 12.1. The summed E-state index contributed by atoms with van der Waals surface area (Å²) in [6.07, 6.45) is 1.21. The number of rotatable bonds is 10. The van der Waals surface area contributed by atoms with Gasteiger partial charge < -0.3 is 14.8 Å². The van der Waals surface area contributed by atoms with Crippen LogP contribution in [0.5, 0.6) is 0 Å². The van der Waals surface area contributed by atoms with E-state index in [-0.39, 0.29) is 17.5 Å². The largest absolute Gasteiger partial charge is 0.351 e. The minimum absolute atomic E-state index is 0.223. The van der Waals surface area contributed by atoms with Crippen LogP contribution in [0.1, 0.15) is 42.7 Å². The number of benzene rings is 1. The van der Waals surface area contributed by atoms with Gasteiger partial charge in [0.15, 0.2) is 12.0 Å². The van der Waals surface area contributed by atoms with Crippen LogP contribution in [-0.4, -0.2) is 46.9 Å². The molecule has 7 nitrogen and oxygen atoms in total. The third kappa shape index (κ3) is 5.95. The molecule has 1 aromatic heterocycles. The highest BCUT2D eigenvalue weighted by atomic mass is 16.7.